The van der Waals surface area contributed by atoms with Crippen molar-refractivity contribution >= 4 is 11.8 Å². The van der Waals surface area contributed by atoms with E-state index in [1.165, 1.54) is 12.3 Å². The summed E-state index contributed by atoms with van der Waals surface area (Å²) in [6.45, 7) is 1.05. The minimum Gasteiger partial charge on any atom is -0.369 e. The molecule has 1 unspecified atom stereocenters. The minimum absolute atomic E-state index is 0.0215. The Bertz CT molecular complexity index is 908. The minimum atomic E-state index is -0.593. The lowest BCUT2D eigenvalue weighted by molar-refractivity contribution is -0.140. The van der Waals surface area contributed by atoms with Crippen molar-refractivity contribution in [1.82, 2.24) is 10.1 Å². The van der Waals surface area contributed by atoms with Gasteiger partial charge in [-0.15, -0.1) is 0 Å². The molecule has 154 valence electrons. The molecule has 1 atom stereocenters. The predicted octanol–water partition coefficient (Wildman–Crippen LogP) is 3.31. The van der Waals surface area contributed by atoms with E-state index in [1.54, 1.807) is 23.1 Å². The number of hydrogen-bond acceptors (Lipinski definition) is 4. The van der Waals surface area contributed by atoms with Crippen LogP contribution in [-0.2, 0) is 16.0 Å². The van der Waals surface area contributed by atoms with Crippen LogP contribution in [0, 0.1) is 17.2 Å². The van der Waals surface area contributed by atoms with E-state index in [1.807, 2.05) is 0 Å². The van der Waals surface area contributed by atoms with Crippen molar-refractivity contribution in [3.63, 3.8) is 0 Å². The van der Waals surface area contributed by atoms with Gasteiger partial charge in [0.25, 0.3) is 0 Å². The van der Waals surface area contributed by atoms with Crippen LogP contribution in [0.1, 0.15) is 44.1 Å². The van der Waals surface area contributed by atoms with Gasteiger partial charge in [0.1, 0.15) is 17.8 Å². The average molecular weight is 399 g/mol. The van der Waals surface area contributed by atoms with Crippen LogP contribution in [-0.4, -0.2) is 35.0 Å². The number of aryl methyl sites for hydroxylation is 1. The van der Waals surface area contributed by atoms with Gasteiger partial charge in [-0.1, -0.05) is 30.1 Å². The van der Waals surface area contributed by atoms with E-state index in [2.05, 4.69) is 5.16 Å². The number of likely N-dealkylation sites (tertiary alicyclic amines) is 1. The standard InChI is InChI=1S/C22H26FN3O3/c23-18-5-2-1-4-17(18)20-16(13-29-25-20)8-9-19(27)26-11-3-10-22(14-26,21(24)28)12-15-6-7-15/h1-2,4-5,13,15H,3,6-12,14H2,(H2,24,28). The van der Waals surface area contributed by atoms with E-state index in [4.69, 9.17) is 10.3 Å². The number of primary amides is 1. The highest BCUT2D eigenvalue weighted by Gasteiger charge is 2.45. The smallest absolute Gasteiger partial charge is 0.225 e. The Balaban J connectivity index is 1.42. The van der Waals surface area contributed by atoms with E-state index in [9.17, 15) is 14.0 Å². The summed E-state index contributed by atoms with van der Waals surface area (Å²) in [5.74, 6) is -0.121. The van der Waals surface area contributed by atoms with Gasteiger partial charge in [0, 0.05) is 30.6 Å². The van der Waals surface area contributed by atoms with Crippen molar-refractivity contribution in [3.8, 4) is 11.3 Å². The molecule has 2 N–H and O–H groups in total. The number of benzene rings is 1. The molecule has 7 heteroatoms. The van der Waals surface area contributed by atoms with E-state index in [0.29, 0.717) is 42.2 Å². The molecule has 1 aliphatic heterocycles. The molecule has 0 spiro atoms. The molecule has 1 aromatic heterocycles. The highest BCUT2D eigenvalue weighted by atomic mass is 19.1. The summed E-state index contributed by atoms with van der Waals surface area (Å²) in [4.78, 5) is 26.9. The molecule has 4 rings (SSSR count). The predicted molar refractivity (Wildman–Crippen MR) is 105 cm³/mol. The third-order valence-electron chi connectivity index (χ3n) is 6.21. The van der Waals surface area contributed by atoms with Crippen LogP contribution in [0.4, 0.5) is 4.39 Å². The molecule has 29 heavy (non-hydrogen) atoms. The highest BCUT2D eigenvalue weighted by Crippen LogP contribution is 2.44. The monoisotopic (exact) mass is 399 g/mol. The molecule has 0 radical (unpaired) electrons. The lowest BCUT2D eigenvalue weighted by Crippen LogP contribution is -2.52. The number of nitrogens with two attached hydrogens (primary N) is 1. The van der Waals surface area contributed by atoms with E-state index in [0.717, 1.165) is 32.1 Å². The lowest BCUT2D eigenvalue weighted by Gasteiger charge is -2.41. The Morgan fingerprint density at radius 3 is 2.83 bits per heavy atom. The second-order valence-corrected chi connectivity index (χ2v) is 8.38. The molecule has 1 saturated heterocycles. The molecule has 1 aromatic carbocycles. The summed E-state index contributed by atoms with van der Waals surface area (Å²) < 4.78 is 19.1. The van der Waals surface area contributed by atoms with Crippen LogP contribution >= 0.6 is 0 Å². The largest absolute Gasteiger partial charge is 0.369 e. The fourth-order valence-corrected chi connectivity index (χ4v) is 4.40. The number of amides is 2. The Kier molecular flexibility index (Phi) is 5.39. The fraction of sp³-hybridized carbons (Fsp3) is 0.500. The number of piperidine rings is 1. The summed E-state index contributed by atoms with van der Waals surface area (Å²) in [6.07, 6.45) is 6.74. The highest BCUT2D eigenvalue weighted by molar-refractivity contribution is 5.83. The molecule has 2 heterocycles. The second-order valence-electron chi connectivity index (χ2n) is 8.38. The molecule has 1 aliphatic carbocycles. The van der Waals surface area contributed by atoms with Gasteiger partial charge in [0.2, 0.25) is 11.8 Å². The van der Waals surface area contributed by atoms with Crippen LogP contribution in [0.25, 0.3) is 11.3 Å². The molecule has 2 aliphatic rings. The summed E-state index contributed by atoms with van der Waals surface area (Å²) in [5.41, 5.74) is 6.64. The van der Waals surface area contributed by atoms with E-state index >= 15 is 0 Å². The van der Waals surface area contributed by atoms with Crippen LogP contribution in [0.3, 0.4) is 0 Å². The van der Waals surface area contributed by atoms with Crippen molar-refractivity contribution in [2.75, 3.05) is 13.1 Å². The lowest BCUT2D eigenvalue weighted by atomic mass is 9.75. The molecule has 2 amide bonds. The van der Waals surface area contributed by atoms with E-state index < -0.39 is 5.41 Å². The van der Waals surface area contributed by atoms with Gasteiger partial charge < -0.3 is 15.2 Å². The normalized spacial score (nSPS) is 21.9. The Labute approximate surface area is 169 Å². The maximum atomic E-state index is 14.1. The summed E-state index contributed by atoms with van der Waals surface area (Å²) >= 11 is 0. The summed E-state index contributed by atoms with van der Waals surface area (Å²) in [5, 5.41) is 3.92. The topological polar surface area (TPSA) is 89.4 Å². The van der Waals surface area contributed by atoms with Crippen LogP contribution in [0.15, 0.2) is 35.1 Å². The molecular weight excluding hydrogens is 373 g/mol. The van der Waals surface area contributed by atoms with Gasteiger partial charge in [0.05, 0.1) is 5.41 Å². The zero-order chi connectivity index (χ0) is 20.4. The van der Waals surface area contributed by atoms with Gasteiger partial charge >= 0.3 is 0 Å². The first-order valence-corrected chi connectivity index (χ1v) is 10.2. The quantitative estimate of drug-likeness (QED) is 0.773. The number of carbonyl (C=O) groups is 2. The van der Waals surface area contributed by atoms with Gasteiger partial charge in [-0.05, 0) is 43.7 Å². The number of carbonyl (C=O) groups excluding carboxylic acids is 2. The number of nitrogens with zero attached hydrogens (tertiary/aromatic N) is 2. The molecular formula is C22H26FN3O3. The third-order valence-corrected chi connectivity index (χ3v) is 6.21. The first-order valence-electron chi connectivity index (χ1n) is 10.2. The van der Waals surface area contributed by atoms with Gasteiger partial charge in [0.15, 0.2) is 0 Å². The Morgan fingerprint density at radius 1 is 1.31 bits per heavy atom. The number of halogens is 1. The average Bonchev–Trinajstić information content (AvgIpc) is 3.40. The van der Waals surface area contributed by atoms with Gasteiger partial charge in [-0.25, -0.2) is 4.39 Å². The Morgan fingerprint density at radius 2 is 2.10 bits per heavy atom. The van der Waals surface area contributed by atoms with Crippen molar-refractivity contribution < 1.29 is 18.5 Å². The summed E-state index contributed by atoms with van der Waals surface area (Å²) in [6, 6.07) is 6.36. The van der Waals surface area contributed by atoms with Gasteiger partial charge in [-0.3, -0.25) is 9.59 Å². The number of rotatable bonds is 7. The fourth-order valence-electron chi connectivity index (χ4n) is 4.40. The second kappa shape index (κ2) is 7.97. The SMILES string of the molecule is NC(=O)C1(CC2CC2)CCCN(C(=O)CCc2conc2-c2ccccc2F)C1. The first kappa shape index (κ1) is 19.6. The Hall–Kier alpha value is -2.70. The maximum absolute atomic E-state index is 14.1. The van der Waals surface area contributed by atoms with Crippen molar-refractivity contribution in [3.05, 3.63) is 41.9 Å². The molecule has 6 nitrogen and oxygen atoms in total. The number of hydrogen-bond donors (Lipinski definition) is 1. The van der Waals surface area contributed by atoms with E-state index in [-0.39, 0.29) is 24.1 Å². The van der Waals surface area contributed by atoms with Crippen molar-refractivity contribution in [2.45, 2.75) is 44.9 Å². The summed E-state index contributed by atoms with van der Waals surface area (Å²) in [7, 11) is 0. The maximum Gasteiger partial charge on any atom is 0.225 e. The van der Waals surface area contributed by atoms with Gasteiger partial charge in [-0.2, -0.15) is 0 Å². The zero-order valence-corrected chi connectivity index (χ0v) is 16.4. The van der Waals surface area contributed by atoms with Crippen LogP contribution in [0.5, 0.6) is 0 Å². The first-order chi connectivity index (χ1) is 14.0. The number of aromatic nitrogens is 1. The molecule has 1 saturated carbocycles. The van der Waals surface area contributed by atoms with Crippen LogP contribution < -0.4 is 5.73 Å². The third kappa shape index (κ3) is 4.18. The molecule has 2 aromatic rings. The molecule has 2 fully saturated rings. The van der Waals surface area contributed by atoms with Crippen molar-refractivity contribution in [1.29, 1.82) is 0 Å². The van der Waals surface area contributed by atoms with Crippen LogP contribution in [0.2, 0.25) is 0 Å². The zero-order valence-electron chi connectivity index (χ0n) is 16.4. The van der Waals surface area contributed by atoms with Crippen molar-refractivity contribution in [2.24, 2.45) is 17.1 Å². The molecule has 0 bridgehead atoms.